The van der Waals surface area contributed by atoms with Crippen LogP contribution in [0.3, 0.4) is 0 Å². The molecule has 0 saturated carbocycles. The Labute approximate surface area is 154 Å². The smallest absolute Gasteiger partial charge is 0.340 e. The van der Waals surface area contributed by atoms with Crippen LogP contribution in [0.1, 0.15) is 61.1 Å². The van der Waals surface area contributed by atoms with Gasteiger partial charge in [0.25, 0.3) is 5.91 Å². The van der Waals surface area contributed by atoms with Crippen molar-refractivity contribution in [1.82, 2.24) is 10.3 Å². The third-order valence-corrected chi connectivity index (χ3v) is 4.18. The molecule has 138 valence electrons. The Morgan fingerprint density at radius 3 is 2.23 bits per heavy atom. The van der Waals surface area contributed by atoms with E-state index in [9.17, 15) is 9.59 Å². The number of carbonyl (C=O) groups is 2. The number of pyridine rings is 1. The fourth-order valence-corrected chi connectivity index (χ4v) is 2.64. The molecular weight excluding hydrogens is 328 g/mol. The predicted molar refractivity (Wildman–Crippen MR) is 101 cm³/mol. The molecule has 0 aliphatic carbocycles. The summed E-state index contributed by atoms with van der Waals surface area (Å²) >= 11 is 0. The van der Waals surface area contributed by atoms with Gasteiger partial charge in [0.1, 0.15) is 0 Å². The van der Waals surface area contributed by atoms with Crippen LogP contribution in [0.2, 0.25) is 0 Å². The molecule has 1 aromatic heterocycles. The molecule has 2 rings (SSSR count). The second-order valence-electron chi connectivity index (χ2n) is 6.93. The van der Waals surface area contributed by atoms with Crippen molar-refractivity contribution < 1.29 is 14.3 Å². The van der Waals surface area contributed by atoms with Crippen molar-refractivity contribution >= 4 is 11.9 Å². The average Bonchev–Trinajstić information content (AvgIpc) is 2.64. The summed E-state index contributed by atoms with van der Waals surface area (Å²) in [5.74, 6) is -0.217. The lowest BCUT2D eigenvalue weighted by Gasteiger charge is -2.23. The maximum atomic E-state index is 12.2. The molecule has 1 atom stereocenters. The van der Waals surface area contributed by atoms with E-state index in [0.29, 0.717) is 11.5 Å². The van der Waals surface area contributed by atoms with Crippen molar-refractivity contribution in [1.29, 1.82) is 0 Å². The molecule has 1 aromatic carbocycles. The maximum absolute atomic E-state index is 12.2. The van der Waals surface area contributed by atoms with Crippen LogP contribution in [0.4, 0.5) is 0 Å². The van der Waals surface area contributed by atoms with Gasteiger partial charge in [0, 0.05) is 12.4 Å². The Bertz CT molecular complexity index is 725. The lowest BCUT2D eigenvalue weighted by Crippen LogP contribution is -2.35. The van der Waals surface area contributed by atoms with Gasteiger partial charge in [0.05, 0.1) is 11.6 Å². The number of aromatic nitrogens is 1. The highest BCUT2D eigenvalue weighted by atomic mass is 16.5. The standard InChI is InChI=1S/C21H26N2O3/c1-14(2)16-7-9-17(10-8-16)20(15(3)4)23-19(24)13-26-21(25)18-6-5-11-22-12-18/h5-12,14-15,20H,13H2,1-4H3,(H,23,24)/t20-/m0/s1. The fraction of sp³-hybridized carbons (Fsp3) is 0.381. The van der Waals surface area contributed by atoms with Crippen LogP contribution in [0.25, 0.3) is 0 Å². The Balaban J connectivity index is 1.96. The van der Waals surface area contributed by atoms with Crippen LogP contribution < -0.4 is 5.32 Å². The van der Waals surface area contributed by atoms with Crippen molar-refractivity contribution in [3.05, 3.63) is 65.5 Å². The molecule has 1 heterocycles. The minimum atomic E-state index is -0.560. The van der Waals surface area contributed by atoms with Gasteiger partial charge in [-0.25, -0.2) is 4.79 Å². The van der Waals surface area contributed by atoms with Gasteiger partial charge in [-0.15, -0.1) is 0 Å². The van der Waals surface area contributed by atoms with Crippen LogP contribution in [0.15, 0.2) is 48.8 Å². The van der Waals surface area contributed by atoms with Crippen molar-refractivity contribution in [3.63, 3.8) is 0 Å². The lowest BCUT2D eigenvalue weighted by molar-refractivity contribution is -0.125. The molecule has 1 amide bonds. The van der Waals surface area contributed by atoms with Crippen LogP contribution in [-0.4, -0.2) is 23.5 Å². The molecule has 0 saturated heterocycles. The van der Waals surface area contributed by atoms with Gasteiger partial charge in [0.15, 0.2) is 6.61 Å². The molecule has 1 N–H and O–H groups in total. The van der Waals surface area contributed by atoms with E-state index in [0.717, 1.165) is 5.56 Å². The van der Waals surface area contributed by atoms with E-state index < -0.39 is 5.97 Å². The fourth-order valence-electron chi connectivity index (χ4n) is 2.64. The monoisotopic (exact) mass is 354 g/mol. The summed E-state index contributed by atoms with van der Waals surface area (Å²) in [7, 11) is 0. The van der Waals surface area contributed by atoms with E-state index in [1.165, 1.54) is 11.8 Å². The Kier molecular flexibility index (Phi) is 6.89. The summed E-state index contributed by atoms with van der Waals surface area (Å²) in [5.41, 5.74) is 2.62. The Hall–Kier alpha value is -2.69. The highest BCUT2D eigenvalue weighted by Gasteiger charge is 2.19. The zero-order valence-electron chi connectivity index (χ0n) is 15.7. The summed E-state index contributed by atoms with van der Waals surface area (Å²) < 4.78 is 5.07. The van der Waals surface area contributed by atoms with Gasteiger partial charge in [0.2, 0.25) is 0 Å². The average molecular weight is 354 g/mol. The number of rotatable bonds is 7. The SMILES string of the molecule is CC(C)c1ccc([C@@H](NC(=O)COC(=O)c2cccnc2)C(C)C)cc1. The minimum Gasteiger partial charge on any atom is -0.452 e. The number of benzene rings is 1. The van der Waals surface area contributed by atoms with Crippen LogP contribution >= 0.6 is 0 Å². The number of nitrogens with zero attached hydrogens (tertiary/aromatic N) is 1. The largest absolute Gasteiger partial charge is 0.452 e. The normalized spacial score (nSPS) is 12.1. The van der Waals surface area contributed by atoms with Crippen molar-refractivity contribution in [2.24, 2.45) is 5.92 Å². The first kappa shape index (κ1) is 19.6. The van der Waals surface area contributed by atoms with Crippen molar-refractivity contribution in [2.45, 2.75) is 39.7 Å². The maximum Gasteiger partial charge on any atom is 0.340 e. The molecule has 0 bridgehead atoms. The molecule has 2 aromatic rings. The van der Waals surface area contributed by atoms with Gasteiger partial charge in [-0.3, -0.25) is 9.78 Å². The summed E-state index contributed by atoms with van der Waals surface area (Å²) in [6, 6.07) is 11.4. The summed E-state index contributed by atoms with van der Waals surface area (Å²) in [6.45, 7) is 8.06. The van der Waals surface area contributed by atoms with Crippen molar-refractivity contribution in [2.75, 3.05) is 6.61 Å². The number of hydrogen-bond acceptors (Lipinski definition) is 4. The number of hydrogen-bond donors (Lipinski definition) is 1. The van der Waals surface area contributed by atoms with Crippen LogP contribution in [-0.2, 0) is 9.53 Å². The van der Waals surface area contributed by atoms with Gasteiger partial charge in [-0.05, 0) is 35.1 Å². The van der Waals surface area contributed by atoms with Gasteiger partial charge < -0.3 is 10.1 Å². The summed E-state index contributed by atoms with van der Waals surface area (Å²) in [5, 5.41) is 2.96. The van der Waals surface area contributed by atoms with E-state index in [2.05, 4.69) is 36.3 Å². The molecule has 5 nitrogen and oxygen atoms in total. The number of esters is 1. The van der Waals surface area contributed by atoms with Crippen molar-refractivity contribution in [3.8, 4) is 0 Å². The Morgan fingerprint density at radius 2 is 1.69 bits per heavy atom. The number of ether oxygens (including phenoxy) is 1. The molecule has 5 heteroatoms. The van der Waals surface area contributed by atoms with Gasteiger partial charge in [-0.2, -0.15) is 0 Å². The first-order valence-corrected chi connectivity index (χ1v) is 8.85. The third kappa shape index (κ3) is 5.41. The quantitative estimate of drug-likeness (QED) is 0.766. The van der Waals surface area contributed by atoms with E-state index in [-0.39, 0.29) is 24.5 Å². The first-order chi connectivity index (χ1) is 12.4. The topological polar surface area (TPSA) is 68.3 Å². The number of carbonyl (C=O) groups excluding carboxylic acids is 2. The summed E-state index contributed by atoms with van der Waals surface area (Å²) in [6.07, 6.45) is 2.98. The molecule has 0 aliphatic rings. The molecule has 0 unspecified atom stereocenters. The summed E-state index contributed by atoms with van der Waals surface area (Å²) in [4.78, 5) is 28.0. The zero-order valence-corrected chi connectivity index (χ0v) is 15.7. The number of nitrogens with one attached hydrogen (secondary N) is 1. The van der Waals surface area contributed by atoms with Gasteiger partial charge in [-0.1, -0.05) is 52.0 Å². The van der Waals surface area contributed by atoms with E-state index in [1.807, 2.05) is 26.0 Å². The molecule has 26 heavy (non-hydrogen) atoms. The van der Waals surface area contributed by atoms with E-state index in [1.54, 1.807) is 18.3 Å². The first-order valence-electron chi connectivity index (χ1n) is 8.85. The predicted octanol–water partition coefficient (Wildman–Crippen LogP) is 3.88. The minimum absolute atomic E-state index is 0.138. The lowest BCUT2D eigenvalue weighted by atomic mass is 9.93. The highest BCUT2D eigenvalue weighted by molar-refractivity contribution is 5.91. The Morgan fingerprint density at radius 1 is 1.04 bits per heavy atom. The second-order valence-corrected chi connectivity index (χ2v) is 6.93. The van der Waals surface area contributed by atoms with E-state index in [4.69, 9.17) is 4.74 Å². The van der Waals surface area contributed by atoms with E-state index >= 15 is 0 Å². The molecule has 0 spiro atoms. The molecular formula is C21H26N2O3. The third-order valence-electron chi connectivity index (χ3n) is 4.18. The van der Waals surface area contributed by atoms with Crippen LogP contribution in [0, 0.1) is 5.92 Å². The molecule has 0 radical (unpaired) electrons. The van der Waals surface area contributed by atoms with Crippen LogP contribution in [0.5, 0.6) is 0 Å². The highest BCUT2D eigenvalue weighted by Crippen LogP contribution is 2.24. The molecule has 0 aliphatic heterocycles. The zero-order chi connectivity index (χ0) is 19.1. The van der Waals surface area contributed by atoms with Gasteiger partial charge >= 0.3 is 5.97 Å². The number of amides is 1. The molecule has 0 fully saturated rings. The second kappa shape index (κ2) is 9.13.